The average Bonchev–Trinajstić information content (AvgIpc) is 2.83. The van der Waals surface area contributed by atoms with Crippen LogP contribution in [0.3, 0.4) is 0 Å². The molecule has 5 nitrogen and oxygen atoms in total. The van der Waals surface area contributed by atoms with Crippen LogP contribution in [0, 0.1) is 6.92 Å². The van der Waals surface area contributed by atoms with Gasteiger partial charge in [-0.25, -0.2) is 0 Å². The third-order valence-corrected chi connectivity index (χ3v) is 6.65. The molecule has 0 atom stereocenters. The highest BCUT2D eigenvalue weighted by atomic mass is 16.3. The zero-order valence-electron chi connectivity index (χ0n) is 22.2. The van der Waals surface area contributed by atoms with Gasteiger partial charge < -0.3 is 15.5 Å². The van der Waals surface area contributed by atoms with Crippen LogP contribution in [-0.4, -0.2) is 5.91 Å². The minimum atomic E-state index is -0.428. The lowest BCUT2D eigenvalue weighted by Gasteiger charge is -2.13. The second-order valence-electron chi connectivity index (χ2n) is 9.73. The van der Waals surface area contributed by atoms with Crippen molar-refractivity contribution in [2.45, 2.75) is 117 Å². The largest absolute Gasteiger partial charge is 0.465 e. The fourth-order valence-corrected chi connectivity index (χ4v) is 4.54. The lowest BCUT2D eigenvalue weighted by molar-refractivity contribution is 0.102. The van der Waals surface area contributed by atoms with Gasteiger partial charge in [-0.1, -0.05) is 84.5 Å². The smallest absolute Gasteiger partial charge is 0.263 e. The van der Waals surface area contributed by atoms with Crippen LogP contribution >= 0.6 is 0 Å². The Labute approximate surface area is 211 Å². The van der Waals surface area contributed by atoms with E-state index in [4.69, 9.17) is 10.2 Å². The molecule has 1 aromatic carbocycles. The average molecular weight is 483 g/mol. The highest BCUT2D eigenvalue weighted by Crippen LogP contribution is 2.20. The number of rotatable bonds is 17. The van der Waals surface area contributed by atoms with Gasteiger partial charge in [0, 0.05) is 23.4 Å². The molecule has 35 heavy (non-hydrogen) atoms. The molecule has 3 N–H and O–H groups in total. The molecule has 0 spiro atoms. The molecular formula is C30H46N2O3. The van der Waals surface area contributed by atoms with Gasteiger partial charge in [0.2, 0.25) is 5.43 Å². The maximum Gasteiger partial charge on any atom is 0.263 e. The number of hydrogen-bond donors (Lipinski definition) is 2. The van der Waals surface area contributed by atoms with Gasteiger partial charge >= 0.3 is 0 Å². The second-order valence-corrected chi connectivity index (χ2v) is 9.73. The van der Waals surface area contributed by atoms with Gasteiger partial charge in [-0.2, -0.15) is 0 Å². The Bertz CT molecular complexity index is 947. The van der Waals surface area contributed by atoms with Gasteiger partial charge in [0.05, 0.1) is 0 Å². The number of amides is 1. The van der Waals surface area contributed by atoms with Crippen molar-refractivity contribution in [3.63, 3.8) is 0 Å². The molecule has 5 heteroatoms. The fourth-order valence-electron chi connectivity index (χ4n) is 4.54. The van der Waals surface area contributed by atoms with Crippen LogP contribution in [0.2, 0.25) is 0 Å². The standard InChI is InChI=1S/C30H46N2O3/c1-4-6-8-9-10-11-12-13-14-16-18-27-26(17-15-7-5-2)29(33)28(23(3)35-27)30(34)32-25-21-19-24(31)20-22-25/h19-22H,4-18,31H2,1-3H3,(H,32,34). The number of anilines is 2. The number of nitrogen functional groups attached to an aromatic ring is 1. The summed E-state index contributed by atoms with van der Waals surface area (Å²) in [5.41, 5.74) is 7.56. The summed E-state index contributed by atoms with van der Waals surface area (Å²) in [4.78, 5) is 26.4. The van der Waals surface area contributed by atoms with Crippen molar-refractivity contribution >= 4 is 17.3 Å². The zero-order chi connectivity index (χ0) is 25.5. The van der Waals surface area contributed by atoms with Crippen LogP contribution in [0.25, 0.3) is 0 Å². The SMILES string of the molecule is CCCCCCCCCCCCc1oc(C)c(C(=O)Nc2ccc(N)cc2)c(=O)c1CCCCC. The molecule has 0 unspecified atom stereocenters. The molecule has 2 aromatic rings. The topological polar surface area (TPSA) is 85.3 Å². The van der Waals surface area contributed by atoms with Gasteiger partial charge in [0.1, 0.15) is 17.1 Å². The van der Waals surface area contributed by atoms with Crippen LogP contribution in [0.1, 0.15) is 125 Å². The fraction of sp³-hybridized carbons (Fsp3) is 0.600. The van der Waals surface area contributed by atoms with Crippen LogP contribution in [0.15, 0.2) is 33.5 Å². The summed E-state index contributed by atoms with van der Waals surface area (Å²) in [6.45, 7) is 6.12. The first kappa shape index (κ1) is 28.7. The molecule has 0 bridgehead atoms. The van der Waals surface area contributed by atoms with Gasteiger partial charge in [0.25, 0.3) is 5.91 Å². The lowest BCUT2D eigenvalue weighted by atomic mass is 9.99. The molecule has 0 aliphatic rings. The van der Waals surface area contributed by atoms with Crippen molar-refractivity contribution in [1.82, 2.24) is 0 Å². The van der Waals surface area contributed by atoms with Gasteiger partial charge in [-0.15, -0.1) is 0 Å². The van der Waals surface area contributed by atoms with Crippen molar-refractivity contribution in [1.29, 1.82) is 0 Å². The highest BCUT2D eigenvalue weighted by Gasteiger charge is 2.22. The predicted octanol–water partition coefficient (Wildman–Crippen LogP) is 7.98. The number of carbonyl (C=O) groups excluding carboxylic acids is 1. The van der Waals surface area contributed by atoms with Crippen molar-refractivity contribution in [2.24, 2.45) is 0 Å². The van der Waals surface area contributed by atoms with Crippen molar-refractivity contribution in [3.05, 3.63) is 57.1 Å². The summed E-state index contributed by atoms with van der Waals surface area (Å²) in [5, 5.41) is 2.81. The molecule has 1 heterocycles. The minimum absolute atomic E-state index is 0.111. The molecule has 0 fully saturated rings. The summed E-state index contributed by atoms with van der Waals surface area (Å²) in [7, 11) is 0. The van der Waals surface area contributed by atoms with E-state index in [0.717, 1.165) is 44.3 Å². The maximum atomic E-state index is 13.4. The Morgan fingerprint density at radius 3 is 1.91 bits per heavy atom. The summed E-state index contributed by atoms with van der Waals surface area (Å²) < 4.78 is 6.13. The summed E-state index contributed by atoms with van der Waals surface area (Å²) in [6, 6.07) is 6.89. The van der Waals surface area contributed by atoms with Crippen molar-refractivity contribution in [2.75, 3.05) is 11.1 Å². The van der Waals surface area contributed by atoms with Crippen molar-refractivity contribution < 1.29 is 9.21 Å². The number of benzene rings is 1. The summed E-state index contributed by atoms with van der Waals surface area (Å²) in [5.74, 6) is 0.736. The second kappa shape index (κ2) is 16.2. The van der Waals surface area contributed by atoms with E-state index in [0.29, 0.717) is 29.1 Å². The third-order valence-electron chi connectivity index (χ3n) is 6.65. The van der Waals surface area contributed by atoms with E-state index >= 15 is 0 Å². The first-order valence-corrected chi connectivity index (χ1v) is 13.8. The monoisotopic (exact) mass is 482 g/mol. The molecule has 1 amide bonds. The Balaban J connectivity index is 2.01. The molecule has 0 aliphatic carbocycles. The normalized spacial score (nSPS) is 11.1. The van der Waals surface area contributed by atoms with E-state index in [9.17, 15) is 9.59 Å². The number of unbranched alkanes of at least 4 members (excludes halogenated alkanes) is 11. The molecule has 2 rings (SSSR count). The van der Waals surface area contributed by atoms with Gasteiger partial charge in [-0.3, -0.25) is 9.59 Å². The first-order chi connectivity index (χ1) is 17.0. The molecule has 0 saturated carbocycles. The Kier molecular flexibility index (Phi) is 13.3. The first-order valence-electron chi connectivity index (χ1n) is 13.8. The zero-order valence-corrected chi connectivity index (χ0v) is 22.2. The molecular weight excluding hydrogens is 436 g/mol. The van der Waals surface area contributed by atoms with Crippen LogP contribution in [0.4, 0.5) is 11.4 Å². The summed E-state index contributed by atoms with van der Waals surface area (Å²) >= 11 is 0. The molecule has 1 aromatic heterocycles. The minimum Gasteiger partial charge on any atom is -0.465 e. The van der Waals surface area contributed by atoms with E-state index < -0.39 is 5.91 Å². The number of aryl methyl sites for hydroxylation is 2. The maximum absolute atomic E-state index is 13.4. The Hall–Kier alpha value is -2.56. The third kappa shape index (κ3) is 9.91. The molecule has 0 aliphatic heterocycles. The summed E-state index contributed by atoms with van der Waals surface area (Å²) in [6.07, 6.45) is 17.2. The Morgan fingerprint density at radius 1 is 0.800 bits per heavy atom. The highest BCUT2D eigenvalue weighted by molar-refractivity contribution is 6.05. The predicted molar refractivity (Wildman–Crippen MR) is 147 cm³/mol. The number of nitrogens with one attached hydrogen (secondary N) is 1. The van der Waals surface area contributed by atoms with Crippen LogP contribution in [0.5, 0.6) is 0 Å². The van der Waals surface area contributed by atoms with Crippen molar-refractivity contribution in [3.8, 4) is 0 Å². The molecule has 0 saturated heterocycles. The van der Waals surface area contributed by atoms with Crippen LogP contribution < -0.4 is 16.5 Å². The van der Waals surface area contributed by atoms with E-state index in [-0.39, 0.29) is 11.0 Å². The van der Waals surface area contributed by atoms with E-state index in [2.05, 4.69) is 19.2 Å². The Morgan fingerprint density at radius 2 is 1.31 bits per heavy atom. The quantitative estimate of drug-likeness (QED) is 0.177. The van der Waals surface area contributed by atoms with E-state index in [1.165, 1.54) is 51.4 Å². The van der Waals surface area contributed by atoms with Gasteiger partial charge in [0.15, 0.2) is 0 Å². The van der Waals surface area contributed by atoms with Gasteiger partial charge in [-0.05, 0) is 50.5 Å². The number of carbonyl (C=O) groups is 1. The van der Waals surface area contributed by atoms with E-state index in [1.54, 1.807) is 31.2 Å². The molecule has 194 valence electrons. The number of nitrogens with two attached hydrogens (primary N) is 1. The number of hydrogen-bond acceptors (Lipinski definition) is 4. The van der Waals surface area contributed by atoms with Crippen LogP contribution in [-0.2, 0) is 12.8 Å². The lowest BCUT2D eigenvalue weighted by Crippen LogP contribution is -2.26. The molecule has 0 radical (unpaired) electrons. The van der Waals surface area contributed by atoms with E-state index in [1.807, 2.05) is 0 Å².